The van der Waals surface area contributed by atoms with Crippen molar-refractivity contribution in [3.05, 3.63) is 40.1 Å². The molecule has 1 fully saturated rings. The van der Waals surface area contributed by atoms with Crippen LogP contribution < -0.4 is 5.32 Å². The predicted molar refractivity (Wildman–Crippen MR) is 83.1 cm³/mol. The fourth-order valence-electron chi connectivity index (χ4n) is 3.63. The minimum absolute atomic E-state index is 0.765. The number of fused-ring (bicyclic) bond motifs is 2. The number of hydrogen-bond acceptors (Lipinski definition) is 2. The van der Waals surface area contributed by atoms with Gasteiger partial charge in [-0.25, -0.2) is 0 Å². The molecule has 104 valence electrons. The van der Waals surface area contributed by atoms with E-state index in [1.807, 2.05) is 0 Å². The molecule has 0 aliphatic heterocycles. The van der Waals surface area contributed by atoms with Gasteiger partial charge in [0.15, 0.2) is 0 Å². The number of benzene rings is 1. The fourth-order valence-corrected chi connectivity index (χ4v) is 3.63. The highest BCUT2D eigenvalue weighted by molar-refractivity contribution is 5.87. The Kier molecular flexibility index (Phi) is 2.81. The van der Waals surface area contributed by atoms with Gasteiger partial charge in [-0.15, -0.1) is 0 Å². The molecular weight excluding hydrogens is 244 g/mol. The molecule has 20 heavy (non-hydrogen) atoms. The molecular formula is C18H22N2. The number of aryl methyl sites for hydroxylation is 3. The normalized spacial score (nSPS) is 17.7. The maximum Gasteiger partial charge on any atom is 0.0714 e. The van der Waals surface area contributed by atoms with E-state index in [1.165, 1.54) is 64.5 Å². The Hall–Kier alpha value is -1.41. The first-order chi connectivity index (χ1) is 9.72. The molecule has 0 radical (unpaired) electrons. The first-order valence-electron chi connectivity index (χ1n) is 7.87. The molecule has 1 N–H and O–H groups in total. The third-order valence-corrected chi connectivity index (χ3v) is 4.71. The van der Waals surface area contributed by atoms with Gasteiger partial charge in [0.2, 0.25) is 0 Å². The van der Waals surface area contributed by atoms with Crippen LogP contribution in [-0.2, 0) is 19.4 Å². The number of pyridine rings is 1. The molecule has 0 unspecified atom stereocenters. The van der Waals surface area contributed by atoms with Gasteiger partial charge < -0.3 is 5.32 Å². The van der Waals surface area contributed by atoms with Crippen molar-refractivity contribution >= 4 is 10.9 Å². The minimum atomic E-state index is 0.765. The number of nitrogens with zero attached hydrogens (tertiary/aromatic N) is 1. The summed E-state index contributed by atoms with van der Waals surface area (Å²) in [5.41, 5.74) is 8.34. The van der Waals surface area contributed by atoms with E-state index < -0.39 is 0 Å². The van der Waals surface area contributed by atoms with E-state index in [-0.39, 0.29) is 0 Å². The lowest BCUT2D eigenvalue weighted by Gasteiger charge is -2.15. The molecule has 1 heterocycles. The van der Waals surface area contributed by atoms with Crippen LogP contribution in [0.4, 0.5) is 0 Å². The first kappa shape index (κ1) is 12.3. The van der Waals surface area contributed by atoms with Crippen LogP contribution in [0.25, 0.3) is 10.9 Å². The molecule has 1 aromatic heterocycles. The van der Waals surface area contributed by atoms with Gasteiger partial charge >= 0.3 is 0 Å². The lowest BCUT2D eigenvalue weighted by Crippen LogP contribution is -2.17. The lowest BCUT2D eigenvalue weighted by molar-refractivity contribution is 0.686. The highest BCUT2D eigenvalue weighted by atomic mass is 14.9. The number of rotatable bonds is 3. The van der Waals surface area contributed by atoms with Crippen LogP contribution in [0.1, 0.15) is 47.2 Å². The summed E-state index contributed by atoms with van der Waals surface area (Å²) in [4.78, 5) is 4.95. The summed E-state index contributed by atoms with van der Waals surface area (Å²) in [5.74, 6) is 0. The predicted octanol–water partition coefficient (Wildman–Crippen LogP) is 3.59. The SMILES string of the molecule is Cc1cc(C)c2c(CNC3CC3)c3c(nc2c1)CCC3. The molecule has 0 atom stereocenters. The van der Waals surface area contributed by atoms with E-state index >= 15 is 0 Å². The van der Waals surface area contributed by atoms with Gasteiger partial charge in [-0.3, -0.25) is 4.98 Å². The maximum atomic E-state index is 4.95. The zero-order chi connectivity index (χ0) is 13.7. The van der Waals surface area contributed by atoms with Crippen LogP contribution in [0.5, 0.6) is 0 Å². The van der Waals surface area contributed by atoms with Gasteiger partial charge in [-0.1, -0.05) is 6.07 Å². The number of nitrogens with one attached hydrogen (secondary N) is 1. The standard InChI is InChI=1S/C18H22N2/c1-11-8-12(2)18-15(10-19-13-6-7-13)14-4-3-5-16(14)20-17(18)9-11/h8-9,13,19H,3-7,10H2,1-2H3. The van der Waals surface area contributed by atoms with E-state index in [0.717, 1.165) is 19.0 Å². The molecule has 0 saturated heterocycles. The molecule has 1 saturated carbocycles. The van der Waals surface area contributed by atoms with Crippen LogP contribution in [-0.4, -0.2) is 11.0 Å². The Balaban J connectivity index is 1.91. The van der Waals surface area contributed by atoms with Crippen LogP contribution in [0.3, 0.4) is 0 Å². The first-order valence-corrected chi connectivity index (χ1v) is 7.87. The van der Waals surface area contributed by atoms with Crippen molar-refractivity contribution in [2.24, 2.45) is 0 Å². The summed E-state index contributed by atoms with van der Waals surface area (Å²) in [6.07, 6.45) is 6.35. The molecule has 2 heteroatoms. The van der Waals surface area contributed by atoms with Gasteiger partial charge in [0.05, 0.1) is 5.52 Å². The summed E-state index contributed by atoms with van der Waals surface area (Å²) in [5, 5.41) is 5.12. The largest absolute Gasteiger partial charge is 0.310 e. The van der Waals surface area contributed by atoms with E-state index in [0.29, 0.717) is 0 Å². The number of hydrogen-bond donors (Lipinski definition) is 1. The van der Waals surface area contributed by atoms with Crippen LogP contribution in [0.15, 0.2) is 12.1 Å². The average Bonchev–Trinajstić information content (AvgIpc) is 3.11. The third-order valence-electron chi connectivity index (χ3n) is 4.71. The zero-order valence-electron chi connectivity index (χ0n) is 12.4. The molecule has 2 aliphatic rings. The Labute approximate surface area is 120 Å². The highest BCUT2D eigenvalue weighted by Gasteiger charge is 2.24. The van der Waals surface area contributed by atoms with E-state index in [4.69, 9.17) is 4.98 Å². The van der Waals surface area contributed by atoms with Crippen molar-refractivity contribution in [3.8, 4) is 0 Å². The van der Waals surface area contributed by atoms with E-state index in [1.54, 1.807) is 0 Å². The zero-order valence-corrected chi connectivity index (χ0v) is 12.4. The highest BCUT2D eigenvalue weighted by Crippen LogP contribution is 2.33. The third kappa shape index (κ3) is 2.03. The second-order valence-electron chi connectivity index (χ2n) is 6.50. The Morgan fingerprint density at radius 3 is 2.85 bits per heavy atom. The maximum absolute atomic E-state index is 4.95. The summed E-state index contributed by atoms with van der Waals surface area (Å²) in [6, 6.07) is 5.31. The van der Waals surface area contributed by atoms with Crippen LogP contribution in [0.2, 0.25) is 0 Å². The summed E-state index contributed by atoms with van der Waals surface area (Å²) in [6.45, 7) is 5.43. The van der Waals surface area contributed by atoms with Gasteiger partial charge in [-0.2, -0.15) is 0 Å². The van der Waals surface area contributed by atoms with E-state index in [2.05, 4.69) is 31.3 Å². The summed E-state index contributed by atoms with van der Waals surface area (Å²) >= 11 is 0. The lowest BCUT2D eigenvalue weighted by atomic mass is 9.96. The van der Waals surface area contributed by atoms with E-state index in [9.17, 15) is 0 Å². The quantitative estimate of drug-likeness (QED) is 0.918. The fraction of sp³-hybridized carbons (Fsp3) is 0.500. The number of aromatic nitrogens is 1. The second-order valence-corrected chi connectivity index (χ2v) is 6.50. The van der Waals surface area contributed by atoms with Gasteiger partial charge in [0, 0.05) is 23.7 Å². The van der Waals surface area contributed by atoms with Crippen molar-refractivity contribution < 1.29 is 0 Å². The van der Waals surface area contributed by atoms with Crippen molar-refractivity contribution in [3.63, 3.8) is 0 Å². The molecule has 2 aromatic rings. The average molecular weight is 266 g/mol. The molecule has 2 nitrogen and oxygen atoms in total. The van der Waals surface area contributed by atoms with Crippen molar-refractivity contribution in [1.82, 2.24) is 10.3 Å². The van der Waals surface area contributed by atoms with Gasteiger partial charge in [0.25, 0.3) is 0 Å². The summed E-state index contributed by atoms with van der Waals surface area (Å²) in [7, 11) is 0. The molecule has 1 aromatic carbocycles. The van der Waals surface area contributed by atoms with Crippen LogP contribution in [0, 0.1) is 13.8 Å². The molecule has 0 amide bonds. The minimum Gasteiger partial charge on any atom is -0.310 e. The summed E-state index contributed by atoms with van der Waals surface area (Å²) < 4.78 is 0. The Morgan fingerprint density at radius 1 is 1.20 bits per heavy atom. The van der Waals surface area contributed by atoms with Crippen molar-refractivity contribution in [2.45, 2.75) is 58.5 Å². The van der Waals surface area contributed by atoms with Crippen molar-refractivity contribution in [2.75, 3.05) is 0 Å². The molecule has 2 aliphatic carbocycles. The molecule has 4 rings (SSSR count). The second kappa shape index (κ2) is 4.56. The smallest absolute Gasteiger partial charge is 0.0714 e. The Morgan fingerprint density at radius 2 is 2.05 bits per heavy atom. The monoisotopic (exact) mass is 266 g/mol. The topological polar surface area (TPSA) is 24.9 Å². The van der Waals surface area contributed by atoms with Crippen LogP contribution >= 0.6 is 0 Å². The van der Waals surface area contributed by atoms with Crippen molar-refractivity contribution in [1.29, 1.82) is 0 Å². The Bertz CT molecular complexity index is 684. The van der Waals surface area contributed by atoms with Gasteiger partial charge in [0.1, 0.15) is 0 Å². The molecule has 0 spiro atoms. The van der Waals surface area contributed by atoms with Gasteiger partial charge in [-0.05, 0) is 74.3 Å². The molecule has 0 bridgehead atoms.